The van der Waals surface area contributed by atoms with Gasteiger partial charge in [0.2, 0.25) is 5.88 Å². The van der Waals surface area contributed by atoms with E-state index < -0.39 is 11.6 Å². The van der Waals surface area contributed by atoms with Crippen molar-refractivity contribution in [3.63, 3.8) is 0 Å². The molecule has 37 heavy (non-hydrogen) atoms. The van der Waals surface area contributed by atoms with Gasteiger partial charge in [-0.25, -0.2) is 14.8 Å². The standard InChI is InChI=1S/C28H39N5O4/c1-28(2,3)37-26(34)17-23(21-12-13-25(36-4)30-19-21)33-16-15-32(27(33)35)14-6-8-22-7-5-9-24(31-22)29-18-20-10-11-20/h5,7,9,12-13,19-20,23H,6,8,10-11,14-18H2,1-4H3,(H,29,31). The Balaban J connectivity index is 1.36. The van der Waals surface area contributed by atoms with Crippen LogP contribution < -0.4 is 10.1 Å². The molecule has 0 bridgehead atoms. The van der Waals surface area contributed by atoms with E-state index in [9.17, 15) is 9.59 Å². The zero-order chi connectivity index (χ0) is 26.4. The van der Waals surface area contributed by atoms with Gasteiger partial charge in [0.15, 0.2) is 0 Å². The molecule has 0 spiro atoms. The summed E-state index contributed by atoms with van der Waals surface area (Å²) in [5, 5.41) is 3.42. The first-order valence-electron chi connectivity index (χ1n) is 13.2. The number of pyridine rings is 2. The van der Waals surface area contributed by atoms with Crippen LogP contribution >= 0.6 is 0 Å². The van der Waals surface area contributed by atoms with Gasteiger partial charge < -0.3 is 24.6 Å². The predicted octanol–water partition coefficient (Wildman–Crippen LogP) is 4.45. The fourth-order valence-electron chi connectivity index (χ4n) is 4.50. The number of carbonyl (C=O) groups excluding carboxylic acids is 2. The summed E-state index contributed by atoms with van der Waals surface area (Å²) in [6.45, 7) is 8.29. The van der Waals surface area contributed by atoms with Crippen molar-refractivity contribution in [1.82, 2.24) is 19.8 Å². The highest BCUT2D eigenvalue weighted by atomic mass is 16.6. The van der Waals surface area contributed by atoms with Crippen molar-refractivity contribution >= 4 is 17.8 Å². The second-order valence-electron chi connectivity index (χ2n) is 10.8. The first kappa shape index (κ1) is 26.7. The van der Waals surface area contributed by atoms with Crippen LogP contribution in [-0.2, 0) is 16.0 Å². The number of hydrogen-bond donors (Lipinski definition) is 1. The van der Waals surface area contributed by atoms with E-state index in [1.807, 2.05) is 49.9 Å². The lowest BCUT2D eigenvalue weighted by molar-refractivity contribution is -0.156. The van der Waals surface area contributed by atoms with Crippen LogP contribution in [0.4, 0.5) is 10.6 Å². The number of methoxy groups -OCH3 is 1. The van der Waals surface area contributed by atoms with Crippen molar-refractivity contribution in [2.45, 2.75) is 64.5 Å². The first-order chi connectivity index (χ1) is 17.7. The molecule has 9 heteroatoms. The average molecular weight is 510 g/mol. The highest BCUT2D eigenvalue weighted by Gasteiger charge is 2.36. The molecule has 4 rings (SSSR count). The van der Waals surface area contributed by atoms with Crippen LogP contribution in [0.1, 0.15) is 63.8 Å². The van der Waals surface area contributed by atoms with Crippen LogP contribution in [0.3, 0.4) is 0 Å². The van der Waals surface area contributed by atoms with E-state index in [4.69, 9.17) is 14.5 Å². The number of rotatable bonds is 12. The third-order valence-corrected chi connectivity index (χ3v) is 6.57. The minimum Gasteiger partial charge on any atom is -0.481 e. The number of esters is 1. The zero-order valence-corrected chi connectivity index (χ0v) is 22.4. The van der Waals surface area contributed by atoms with Crippen LogP contribution in [0.25, 0.3) is 0 Å². The highest BCUT2D eigenvalue weighted by molar-refractivity contribution is 5.78. The monoisotopic (exact) mass is 509 g/mol. The summed E-state index contributed by atoms with van der Waals surface area (Å²) in [6, 6.07) is 9.15. The minimum absolute atomic E-state index is 0.0649. The number of nitrogens with zero attached hydrogens (tertiary/aromatic N) is 4. The molecule has 200 valence electrons. The molecule has 1 atom stereocenters. The summed E-state index contributed by atoms with van der Waals surface area (Å²) in [5.41, 5.74) is 1.21. The lowest BCUT2D eigenvalue weighted by Crippen LogP contribution is -2.37. The highest BCUT2D eigenvalue weighted by Crippen LogP contribution is 2.30. The molecule has 2 amide bonds. The van der Waals surface area contributed by atoms with E-state index in [1.54, 1.807) is 24.3 Å². The van der Waals surface area contributed by atoms with Gasteiger partial charge >= 0.3 is 12.0 Å². The molecule has 1 saturated carbocycles. The Kier molecular flexibility index (Phi) is 8.51. The van der Waals surface area contributed by atoms with Crippen molar-refractivity contribution < 1.29 is 19.1 Å². The molecule has 0 aromatic carbocycles. The van der Waals surface area contributed by atoms with Crippen molar-refractivity contribution in [2.75, 3.05) is 38.6 Å². The van der Waals surface area contributed by atoms with Crippen molar-refractivity contribution in [3.8, 4) is 5.88 Å². The van der Waals surface area contributed by atoms with Crippen LogP contribution in [0, 0.1) is 5.92 Å². The third-order valence-electron chi connectivity index (χ3n) is 6.57. The Hall–Kier alpha value is -3.36. The number of carbonyl (C=O) groups is 2. The van der Waals surface area contributed by atoms with Gasteiger partial charge in [-0.3, -0.25) is 4.79 Å². The molecule has 2 aromatic heterocycles. The van der Waals surface area contributed by atoms with E-state index in [2.05, 4.69) is 10.3 Å². The largest absolute Gasteiger partial charge is 0.481 e. The summed E-state index contributed by atoms with van der Waals surface area (Å²) in [5.74, 6) is 1.85. The normalized spacial score (nSPS) is 16.6. The molecular weight excluding hydrogens is 470 g/mol. The minimum atomic E-state index is -0.598. The smallest absolute Gasteiger partial charge is 0.320 e. The Morgan fingerprint density at radius 3 is 2.68 bits per heavy atom. The maximum atomic E-state index is 13.4. The zero-order valence-electron chi connectivity index (χ0n) is 22.4. The number of ether oxygens (including phenoxy) is 2. The lowest BCUT2D eigenvalue weighted by Gasteiger charge is -2.29. The van der Waals surface area contributed by atoms with Crippen molar-refractivity contribution in [3.05, 3.63) is 47.8 Å². The maximum absolute atomic E-state index is 13.4. The molecule has 1 N–H and O–H groups in total. The first-order valence-corrected chi connectivity index (χ1v) is 13.2. The SMILES string of the molecule is COc1ccc(C(CC(=O)OC(C)(C)C)N2CCN(CCCc3cccc(NCC4CC4)n3)C2=O)cn1. The molecular formula is C28H39N5O4. The van der Waals surface area contributed by atoms with Crippen LogP contribution in [-0.4, -0.2) is 70.7 Å². The Morgan fingerprint density at radius 2 is 2.00 bits per heavy atom. The predicted molar refractivity (Wildman–Crippen MR) is 141 cm³/mol. The molecule has 2 aliphatic rings. The van der Waals surface area contributed by atoms with Gasteiger partial charge in [0, 0.05) is 44.1 Å². The maximum Gasteiger partial charge on any atom is 0.320 e. The summed E-state index contributed by atoms with van der Waals surface area (Å²) in [4.78, 5) is 38.7. The van der Waals surface area contributed by atoms with Crippen LogP contribution in [0.15, 0.2) is 36.5 Å². The third kappa shape index (κ3) is 7.81. The molecule has 9 nitrogen and oxygen atoms in total. The number of aromatic nitrogens is 2. The topological polar surface area (TPSA) is 96.9 Å². The van der Waals surface area contributed by atoms with E-state index in [0.717, 1.165) is 42.4 Å². The number of hydrogen-bond acceptors (Lipinski definition) is 7. The van der Waals surface area contributed by atoms with Gasteiger partial charge in [-0.05, 0) is 70.1 Å². The molecule has 1 saturated heterocycles. The quantitative estimate of drug-likeness (QED) is 0.422. The molecule has 1 unspecified atom stereocenters. The Bertz CT molecular complexity index is 1060. The molecule has 0 radical (unpaired) electrons. The van der Waals surface area contributed by atoms with Gasteiger partial charge in [-0.15, -0.1) is 0 Å². The molecule has 2 aromatic rings. The fraction of sp³-hybridized carbons (Fsp3) is 0.571. The second-order valence-corrected chi connectivity index (χ2v) is 10.8. The number of aryl methyl sites for hydroxylation is 1. The van der Waals surface area contributed by atoms with Gasteiger partial charge in [0.25, 0.3) is 0 Å². The summed E-state index contributed by atoms with van der Waals surface area (Å²) in [7, 11) is 1.55. The van der Waals surface area contributed by atoms with E-state index >= 15 is 0 Å². The Morgan fingerprint density at radius 1 is 1.19 bits per heavy atom. The average Bonchev–Trinajstić information content (AvgIpc) is 3.63. The van der Waals surface area contributed by atoms with Crippen molar-refractivity contribution in [1.29, 1.82) is 0 Å². The van der Waals surface area contributed by atoms with E-state index in [-0.39, 0.29) is 18.4 Å². The van der Waals surface area contributed by atoms with Crippen LogP contribution in [0.5, 0.6) is 5.88 Å². The second kappa shape index (κ2) is 11.8. The fourth-order valence-corrected chi connectivity index (χ4v) is 4.50. The summed E-state index contributed by atoms with van der Waals surface area (Å²) in [6.07, 6.45) is 5.96. The van der Waals surface area contributed by atoms with Crippen LogP contribution in [0.2, 0.25) is 0 Å². The summed E-state index contributed by atoms with van der Waals surface area (Å²) >= 11 is 0. The van der Waals surface area contributed by atoms with E-state index in [0.29, 0.717) is 25.5 Å². The molecule has 1 aliphatic carbocycles. The molecule has 2 fully saturated rings. The number of amides is 2. The molecule has 3 heterocycles. The van der Waals surface area contributed by atoms with Gasteiger partial charge in [-0.1, -0.05) is 12.1 Å². The summed E-state index contributed by atoms with van der Waals surface area (Å²) < 4.78 is 10.7. The van der Waals surface area contributed by atoms with Gasteiger partial charge in [0.05, 0.1) is 19.6 Å². The van der Waals surface area contributed by atoms with Gasteiger partial charge in [0.1, 0.15) is 11.4 Å². The number of nitrogens with one attached hydrogen (secondary N) is 1. The van der Waals surface area contributed by atoms with Crippen molar-refractivity contribution in [2.24, 2.45) is 5.92 Å². The Labute approximate surface area is 219 Å². The van der Waals surface area contributed by atoms with Gasteiger partial charge in [-0.2, -0.15) is 0 Å². The number of urea groups is 1. The molecule has 1 aliphatic heterocycles. The number of anilines is 1. The lowest BCUT2D eigenvalue weighted by atomic mass is 10.0. The van der Waals surface area contributed by atoms with E-state index in [1.165, 1.54) is 12.8 Å².